The SMILES string of the molecule is c1ccc(-c2nc(-c3ccccc3)nc(-c3cc(N(c4ccccc4)c4ccccc4)c(N4c5ccccc5CCc5ccccc54)c(N(c4ccccc4)c4ccccc4)c3)n2)cc1. The van der Waals surface area contributed by atoms with E-state index in [2.05, 4.69) is 221 Å². The lowest BCUT2D eigenvalue weighted by atomic mass is 10.0. The van der Waals surface area contributed by atoms with Crippen LogP contribution in [0.4, 0.5) is 51.2 Å². The van der Waals surface area contributed by atoms with Crippen LogP contribution >= 0.6 is 0 Å². The lowest BCUT2D eigenvalue weighted by molar-refractivity contribution is 0.977. The maximum absolute atomic E-state index is 5.35. The Bertz CT molecular complexity index is 2910. The fourth-order valence-corrected chi connectivity index (χ4v) is 8.92. The summed E-state index contributed by atoms with van der Waals surface area (Å²) in [5, 5.41) is 0. The molecule has 1 aliphatic rings. The minimum atomic E-state index is 0.561. The van der Waals surface area contributed by atoms with Gasteiger partial charge in [0, 0.05) is 50.8 Å². The molecule has 1 aromatic heterocycles. The Morgan fingerprint density at radius 3 is 0.954 bits per heavy atom. The molecule has 0 unspecified atom stereocenters. The molecule has 0 aliphatic carbocycles. The van der Waals surface area contributed by atoms with Crippen LogP contribution in [0.5, 0.6) is 0 Å². The topological polar surface area (TPSA) is 48.4 Å². The van der Waals surface area contributed by atoms with Crippen LogP contribution in [0, 0.1) is 0 Å². The fourth-order valence-electron chi connectivity index (χ4n) is 8.92. The van der Waals surface area contributed by atoms with Crippen LogP contribution in [-0.2, 0) is 12.8 Å². The van der Waals surface area contributed by atoms with Crippen molar-refractivity contribution in [2.45, 2.75) is 12.8 Å². The van der Waals surface area contributed by atoms with Crippen molar-refractivity contribution < 1.29 is 0 Å². The molecule has 9 aromatic carbocycles. The van der Waals surface area contributed by atoms with Crippen LogP contribution in [0.3, 0.4) is 0 Å². The lowest BCUT2D eigenvalue weighted by Gasteiger charge is -2.38. The molecular weight excluding hydrogens is 793 g/mol. The fraction of sp³-hybridized carbons (Fsp3) is 0.0339. The number of aryl methyl sites for hydroxylation is 2. The summed E-state index contributed by atoms with van der Waals surface area (Å²) in [6.45, 7) is 0. The van der Waals surface area contributed by atoms with Crippen LogP contribution in [0.25, 0.3) is 34.2 Å². The zero-order valence-electron chi connectivity index (χ0n) is 35.7. The van der Waals surface area contributed by atoms with Crippen LogP contribution in [0.15, 0.2) is 243 Å². The van der Waals surface area contributed by atoms with E-state index >= 15 is 0 Å². The Balaban J connectivity index is 1.32. The summed E-state index contributed by atoms with van der Waals surface area (Å²) in [6, 6.07) is 85.3. The summed E-state index contributed by atoms with van der Waals surface area (Å²) in [4.78, 5) is 23.1. The highest BCUT2D eigenvalue weighted by molar-refractivity contribution is 6.03. The summed E-state index contributed by atoms with van der Waals surface area (Å²) in [7, 11) is 0. The molecule has 6 nitrogen and oxygen atoms in total. The molecule has 11 rings (SSSR count). The largest absolute Gasteiger partial charge is 0.308 e. The molecule has 0 fully saturated rings. The van der Waals surface area contributed by atoms with Gasteiger partial charge in [0.15, 0.2) is 17.5 Å². The number of fused-ring (bicyclic) bond motifs is 2. The maximum Gasteiger partial charge on any atom is 0.164 e. The molecule has 10 aromatic rings. The Labute approximate surface area is 380 Å². The molecular formula is C59H44N6. The first-order valence-corrected chi connectivity index (χ1v) is 22.1. The predicted octanol–water partition coefficient (Wildman–Crippen LogP) is 15.4. The van der Waals surface area contributed by atoms with Crippen molar-refractivity contribution in [1.82, 2.24) is 15.0 Å². The Hall–Kier alpha value is -8.61. The third-order valence-electron chi connectivity index (χ3n) is 11.9. The van der Waals surface area contributed by atoms with E-state index in [1.165, 1.54) is 11.1 Å². The van der Waals surface area contributed by atoms with Crippen molar-refractivity contribution in [2.75, 3.05) is 14.7 Å². The second-order valence-electron chi connectivity index (χ2n) is 16.0. The van der Waals surface area contributed by atoms with Gasteiger partial charge in [0.1, 0.15) is 0 Å². The lowest BCUT2D eigenvalue weighted by Crippen LogP contribution is -2.22. The molecule has 0 bridgehead atoms. The third-order valence-corrected chi connectivity index (χ3v) is 11.9. The molecule has 6 heteroatoms. The third kappa shape index (κ3) is 7.79. The minimum Gasteiger partial charge on any atom is -0.308 e. The number of para-hydroxylation sites is 6. The summed E-state index contributed by atoms with van der Waals surface area (Å²) >= 11 is 0. The van der Waals surface area contributed by atoms with Crippen LogP contribution in [0.2, 0.25) is 0 Å². The summed E-state index contributed by atoms with van der Waals surface area (Å²) in [5.41, 5.74) is 14.4. The molecule has 1 aliphatic heterocycles. The van der Waals surface area contributed by atoms with Gasteiger partial charge in [-0.1, -0.05) is 170 Å². The van der Waals surface area contributed by atoms with E-state index < -0.39 is 0 Å². The molecule has 310 valence electrons. The quantitative estimate of drug-likeness (QED) is 0.137. The van der Waals surface area contributed by atoms with Gasteiger partial charge in [-0.3, -0.25) is 0 Å². The van der Waals surface area contributed by atoms with Crippen molar-refractivity contribution >= 4 is 51.2 Å². The van der Waals surface area contributed by atoms with E-state index in [1.807, 2.05) is 36.4 Å². The number of anilines is 9. The second-order valence-corrected chi connectivity index (χ2v) is 16.0. The van der Waals surface area contributed by atoms with Gasteiger partial charge in [-0.2, -0.15) is 0 Å². The number of hydrogen-bond donors (Lipinski definition) is 0. The van der Waals surface area contributed by atoms with Gasteiger partial charge >= 0.3 is 0 Å². The smallest absolute Gasteiger partial charge is 0.164 e. The average Bonchev–Trinajstić information content (AvgIpc) is 3.55. The monoisotopic (exact) mass is 836 g/mol. The van der Waals surface area contributed by atoms with Gasteiger partial charge in [-0.25, -0.2) is 15.0 Å². The second kappa shape index (κ2) is 17.6. The van der Waals surface area contributed by atoms with E-state index in [-0.39, 0.29) is 0 Å². The average molecular weight is 837 g/mol. The minimum absolute atomic E-state index is 0.561. The molecule has 2 heterocycles. The van der Waals surface area contributed by atoms with Crippen molar-refractivity contribution in [3.8, 4) is 34.2 Å². The number of aromatic nitrogens is 3. The standard InChI is InChI=1S/C59H44N6/c1-7-25-45(26-8-1)57-60-58(46-27-9-2-10-28-46)62-59(61-57)47-41-54(63(48-29-11-3-12-30-48)49-31-13-4-14-32-49)56(55(42-47)64(50-33-15-5-16-34-50)51-35-17-6-18-36-51)65-52-37-21-19-23-43(52)39-40-44-24-20-22-38-53(44)65/h1-38,41-42H,39-40H2. The molecule has 65 heavy (non-hydrogen) atoms. The molecule has 0 N–H and O–H groups in total. The van der Waals surface area contributed by atoms with Crippen LogP contribution in [-0.4, -0.2) is 15.0 Å². The van der Waals surface area contributed by atoms with Gasteiger partial charge in [0.2, 0.25) is 0 Å². The normalized spacial score (nSPS) is 11.8. The van der Waals surface area contributed by atoms with E-state index in [0.717, 1.165) is 80.7 Å². The molecule has 0 amide bonds. The first-order valence-electron chi connectivity index (χ1n) is 22.1. The maximum atomic E-state index is 5.35. The number of rotatable bonds is 10. The first kappa shape index (κ1) is 39.3. The highest BCUT2D eigenvalue weighted by atomic mass is 15.3. The van der Waals surface area contributed by atoms with Crippen molar-refractivity contribution in [3.63, 3.8) is 0 Å². The molecule has 0 spiro atoms. The van der Waals surface area contributed by atoms with Gasteiger partial charge in [0.25, 0.3) is 0 Å². The van der Waals surface area contributed by atoms with Gasteiger partial charge < -0.3 is 14.7 Å². The van der Waals surface area contributed by atoms with Gasteiger partial charge in [-0.05, 0) is 96.8 Å². The molecule has 0 radical (unpaired) electrons. The number of benzene rings is 9. The van der Waals surface area contributed by atoms with Crippen molar-refractivity contribution in [1.29, 1.82) is 0 Å². The molecule has 0 saturated heterocycles. The molecule has 0 atom stereocenters. The Morgan fingerprint density at radius 2 is 0.600 bits per heavy atom. The Kier molecular flexibility index (Phi) is 10.7. The first-order chi connectivity index (χ1) is 32.3. The van der Waals surface area contributed by atoms with Crippen LogP contribution < -0.4 is 14.7 Å². The summed E-state index contributed by atoms with van der Waals surface area (Å²) in [6.07, 6.45) is 1.81. The number of nitrogens with zero attached hydrogens (tertiary/aromatic N) is 6. The van der Waals surface area contributed by atoms with Gasteiger partial charge in [0.05, 0.1) is 17.1 Å². The Morgan fingerprint density at radius 1 is 0.308 bits per heavy atom. The number of hydrogen-bond acceptors (Lipinski definition) is 6. The van der Waals surface area contributed by atoms with E-state index in [9.17, 15) is 0 Å². The van der Waals surface area contributed by atoms with Crippen LogP contribution in [0.1, 0.15) is 11.1 Å². The van der Waals surface area contributed by atoms with Crippen molar-refractivity contribution in [3.05, 3.63) is 254 Å². The zero-order valence-corrected chi connectivity index (χ0v) is 35.7. The highest BCUT2D eigenvalue weighted by Crippen LogP contribution is 2.56. The van der Waals surface area contributed by atoms with Crippen molar-refractivity contribution in [2.24, 2.45) is 0 Å². The van der Waals surface area contributed by atoms with E-state index in [4.69, 9.17) is 15.0 Å². The molecule has 0 saturated carbocycles. The summed E-state index contributed by atoms with van der Waals surface area (Å²) < 4.78 is 0. The van der Waals surface area contributed by atoms with Gasteiger partial charge in [-0.15, -0.1) is 0 Å². The van der Waals surface area contributed by atoms with E-state index in [0.29, 0.717) is 17.5 Å². The summed E-state index contributed by atoms with van der Waals surface area (Å²) in [5.74, 6) is 1.76. The van der Waals surface area contributed by atoms with E-state index in [1.54, 1.807) is 0 Å². The predicted molar refractivity (Wildman–Crippen MR) is 268 cm³/mol. The highest BCUT2D eigenvalue weighted by Gasteiger charge is 2.33. The zero-order chi connectivity index (χ0) is 43.4.